The Morgan fingerprint density at radius 1 is 1.08 bits per heavy atom. The van der Waals surface area contributed by atoms with E-state index >= 15 is 0 Å². The molecular weight excluding hydrogens is 341 g/mol. The zero-order valence-corrected chi connectivity index (χ0v) is 14.8. The summed E-state index contributed by atoms with van der Waals surface area (Å²) in [4.78, 5) is 13.2. The largest absolute Gasteiger partial charge is 0.416 e. The standard InChI is InChI=1S/C19H21F3N4/c1-12-7-18(24-13(2)23-12)25-10-15-8-16(11-25)26(15)9-14-5-3-4-6-17(14)19(20,21)22/h3-7,15-16H,8-11H2,1-2H3. The third-order valence-electron chi connectivity index (χ3n) is 5.30. The van der Waals surface area contributed by atoms with E-state index in [1.807, 2.05) is 19.9 Å². The molecule has 4 heterocycles. The molecule has 0 radical (unpaired) electrons. The van der Waals surface area contributed by atoms with Crippen molar-refractivity contribution in [1.29, 1.82) is 0 Å². The van der Waals surface area contributed by atoms with Crippen LogP contribution in [-0.4, -0.2) is 40.0 Å². The van der Waals surface area contributed by atoms with Gasteiger partial charge in [-0.15, -0.1) is 0 Å². The molecule has 2 bridgehead atoms. The van der Waals surface area contributed by atoms with E-state index in [1.54, 1.807) is 12.1 Å². The van der Waals surface area contributed by atoms with Crippen LogP contribution in [0.5, 0.6) is 0 Å². The fourth-order valence-corrected chi connectivity index (χ4v) is 4.12. The first kappa shape index (κ1) is 17.3. The minimum absolute atomic E-state index is 0.269. The smallest absolute Gasteiger partial charge is 0.353 e. The Labute approximate surface area is 150 Å². The Balaban J connectivity index is 1.49. The fourth-order valence-electron chi connectivity index (χ4n) is 4.12. The van der Waals surface area contributed by atoms with Crippen molar-refractivity contribution in [2.75, 3.05) is 18.0 Å². The lowest BCUT2D eigenvalue weighted by Gasteiger charge is -2.56. The number of halogens is 3. The lowest BCUT2D eigenvalue weighted by molar-refractivity contribution is -0.139. The maximum atomic E-state index is 13.2. The molecule has 3 aliphatic heterocycles. The van der Waals surface area contributed by atoms with Gasteiger partial charge in [0.25, 0.3) is 0 Å². The van der Waals surface area contributed by atoms with E-state index in [0.717, 1.165) is 36.8 Å². The SMILES string of the molecule is Cc1cc(N2CC3CC(C2)N3Cc2ccccc2C(F)(F)F)nc(C)n1. The van der Waals surface area contributed by atoms with E-state index in [1.165, 1.54) is 12.1 Å². The molecule has 2 aromatic rings. The molecule has 1 aromatic heterocycles. The van der Waals surface area contributed by atoms with Crippen LogP contribution in [0.15, 0.2) is 30.3 Å². The second-order valence-corrected chi connectivity index (χ2v) is 7.19. The summed E-state index contributed by atoms with van der Waals surface area (Å²) in [6.07, 6.45) is -3.27. The number of fused-ring (bicyclic) bond motifs is 2. The Morgan fingerprint density at radius 3 is 2.42 bits per heavy atom. The summed E-state index contributed by atoms with van der Waals surface area (Å²) >= 11 is 0. The molecule has 0 N–H and O–H groups in total. The van der Waals surface area contributed by atoms with Crippen molar-refractivity contribution in [2.24, 2.45) is 0 Å². The van der Waals surface area contributed by atoms with Gasteiger partial charge in [-0.25, -0.2) is 9.97 Å². The highest BCUT2D eigenvalue weighted by Crippen LogP contribution is 2.38. The normalized spacial score (nSPS) is 23.0. The molecule has 0 aliphatic carbocycles. The summed E-state index contributed by atoms with van der Waals surface area (Å²) in [5, 5.41) is 0. The van der Waals surface area contributed by atoms with Crippen molar-refractivity contribution in [2.45, 2.75) is 45.1 Å². The van der Waals surface area contributed by atoms with Gasteiger partial charge in [-0.3, -0.25) is 4.90 Å². The minimum atomic E-state index is -4.31. The second-order valence-electron chi connectivity index (χ2n) is 7.19. The van der Waals surface area contributed by atoms with Crippen LogP contribution in [0.1, 0.15) is 29.1 Å². The molecule has 0 saturated carbocycles. The molecule has 0 spiro atoms. The highest BCUT2D eigenvalue weighted by molar-refractivity contribution is 5.42. The van der Waals surface area contributed by atoms with Gasteiger partial charge in [-0.2, -0.15) is 13.2 Å². The summed E-state index contributed by atoms with van der Waals surface area (Å²) in [6, 6.07) is 8.40. The van der Waals surface area contributed by atoms with Gasteiger partial charge in [-0.05, 0) is 31.9 Å². The number of alkyl halides is 3. The summed E-state index contributed by atoms with van der Waals surface area (Å²) in [6.45, 7) is 5.76. The molecule has 138 valence electrons. The highest BCUT2D eigenvalue weighted by atomic mass is 19.4. The lowest BCUT2D eigenvalue weighted by atomic mass is 9.86. The lowest BCUT2D eigenvalue weighted by Crippen LogP contribution is -2.68. The molecule has 2 atom stereocenters. The Bertz CT molecular complexity index is 788. The first-order valence-corrected chi connectivity index (χ1v) is 8.79. The molecule has 1 aromatic carbocycles. The zero-order chi connectivity index (χ0) is 18.5. The van der Waals surface area contributed by atoms with E-state index in [4.69, 9.17) is 0 Å². The predicted molar refractivity (Wildman–Crippen MR) is 92.9 cm³/mol. The predicted octanol–water partition coefficient (Wildman–Crippen LogP) is 3.58. The minimum Gasteiger partial charge on any atom is -0.353 e. The van der Waals surface area contributed by atoms with Crippen LogP contribution in [0, 0.1) is 13.8 Å². The van der Waals surface area contributed by atoms with E-state index in [9.17, 15) is 13.2 Å². The number of nitrogens with zero attached hydrogens (tertiary/aromatic N) is 4. The summed E-state index contributed by atoms with van der Waals surface area (Å²) in [5.41, 5.74) is 0.767. The maximum Gasteiger partial charge on any atom is 0.416 e. The number of aromatic nitrogens is 2. The number of hydrogen-bond donors (Lipinski definition) is 0. The van der Waals surface area contributed by atoms with Crippen molar-refractivity contribution >= 4 is 5.82 Å². The molecule has 2 unspecified atom stereocenters. The highest BCUT2D eigenvalue weighted by Gasteiger charge is 2.45. The average Bonchev–Trinajstić information content (AvgIpc) is 2.58. The van der Waals surface area contributed by atoms with Crippen LogP contribution in [0.25, 0.3) is 0 Å². The molecule has 7 heteroatoms. The molecule has 0 amide bonds. The molecular formula is C19H21F3N4. The molecule has 3 saturated heterocycles. The topological polar surface area (TPSA) is 32.3 Å². The maximum absolute atomic E-state index is 13.2. The monoisotopic (exact) mass is 362 g/mol. The van der Waals surface area contributed by atoms with Gasteiger partial charge in [0, 0.05) is 43.5 Å². The van der Waals surface area contributed by atoms with Gasteiger partial charge in [-0.1, -0.05) is 18.2 Å². The van der Waals surface area contributed by atoms with Crippen molar-refractivity contribution in [1.82, 2.24) is 14.9 Å². The van der Waals surface area contributed by atoms with Crippen LogP contribution < -0.4 is 4.90 Å². The Hall–Kier alpha value is -2.15. The number of piperazine rings is 1. The van der Waals surface area contributed by atoms with Gasteiger partial charge in [0.1, 0.15) is 11.6 Å². The molecule has 4 nitrogen and oxygen atoms in total. The van der Waals surface area contributed by atoms with E-state index < -0.39 is 11.7 Å². The van der Waals surface area contributed by atoms with Crippen LogP contribution >= 0.6 is 0 Å². The summed E-state index contributed by atoms with van der Waals surface area (Å²) < 4.78 is 39.7. The average molecular weight is 362 g/mol. The summed E-state index contributed by atoms with van der Waals surface area (Å²) in [5.74, 6) is 1.66. The van der Waals surface area contributed by atoms with E-state index in [2.05, 4.69) is 19.8 Å². The van der Waals surface area contributed by atoms with Crippen LogP contribution in [-0.2, 0) is 12.7 Å². The van der Waals surface area contributed by atoms with Crippen LogP contribution in [0.2, 0.25) is 0 Å². The fraction of sp³-hybridized carbons (Fsp3) is 0.474. The Kier molecular flexibility index (Phi) is 4.14. The van der Waals surface area contributed by atoms with Crippen LogP contribution in [0.3, 0.4) is 0 Å². The second kappa shape index (κ2) is 6.23. The van der Waals surface area contributed by atoms with Gasteiger partial charge in [0.15, 0.2) is 0 Å². The van der Waals surface area contributed by atoms with Gasteiger partial charge >= 0.3 is 6.18 Å². The van der Waals surface area contributed by atoms with Crippen molar-refractivity contribution in [3.63, 3.8) is 0 Å². The Morgan fingerprint density at radius 2 is 1.77 bits per heavy atom. The number of benzene rings is 1. The van der Waals surface area contributed by atoms with Crippen molar-refractivity contribution in [3.05, 3.63) is 53.0 Å². The van der Waals surface area contributed by atoms with E-state index in [0.29, 0.717) is 12.1 Å². The molecule has 3 aliphatic rings. The van der Waals surface area contributed by atoms with Crippen molar-refractivity contribution < 1.29 is 13.2 Å². The summed E-state index contributed by atoms with van der Waals surface area (Å²) in [7, 11) is 0. The zero-order valence-electron chi connectivity index (χ0n) is 14.8. The number of rotatable bonds is 3. The van der Waals surface area contributed by atoms with Crippen LogP contribution in [0.4, 0.5) is 19.0 Å². The van der Waals surface area contributed by atoms with Gasteiger partial charge < -0.3 is 4.90 Å². The number of piperidine rings is 1. The van der Waals surface area contributed by atoms with E-state index in [-0.39, 0.29) is 12.1 Å². The molecule has 3 fully saturated rings. The first-order valence-electron chi connectivity index (χ1n) is 8.79. The number of hydrogen-bond acceptors (Lipinski definition) is 4. The first-order chi connectivity index (χ1) is 12.3. The third-order valence-corrected chi connectivity index (χ3v) is 5.30. The number of anilines is 1. The third kappa shape index (κ3) is 3.16. The quantitative estimate of drug-likeness (QED) is 0.836. The van der Waals surface area contributed by atoms with Gasteiger partial charge in [0.05, 0.1) is 5.56 Å². The van der Waals surface area contributed by atoms with Crippen molar-refractivity contribution in [3.8, 4) is 0 Å². The number of aryl methyl sites for hydroxylation is 2. The van der Waals surface area contributed by atoms with Gasteiger partial charge in [0.2, 0.25) is 0 Å². The molecule has 5 rings (SSSR count). The molecule has 26 heavy (non-hydrogen) atoms.